The Bertz CT molecular complexity index is 942. The molecular formula is C19H23N3O5S. The lowest BCUT2D eigenvalue weighted by atomic mass is 10.0. The Balaban J connectivity index is 2.14. The van der Waals surface area contributed by atoms with Gasteiger partial charge in [0.05, 0.1) is 19.4 Å². The second-order valence-electron chi connectivity index (χ2n) is 6.23. The van der Waals surface area contributed by atoms with Gasteiger partial charge in [-0.25, -0.2) is 13.1 Å². The summed E-state index contributed by atoms with van der Waals surface area (Å²) in [6, 6.07) is 12.7. The van der Waals surface area contributed by atoms with Crippen LogP contribution in [0.15, 0.2) is 48.5 Å². The summed E-state index contributed by atoms with van der Waals surface area (Å²) >= 11 is 0. The maximum absolute atomic E-state index is 12.5. The third-order valence-electron chi connectivity index (χ3n) is 3.73. The maximum atomic E-state index is 12.5. The van der Waals surface area contributed by atoms with Crippen LogP contribution >= 0.6 is 0 Å². The van der Waals surface area contributed by atoms with Gasteiger partial charge < -0.3 is 15.4 Å². The zero-order valence-corrected chi connectivity index (χ0v) is 16.7. The van der Waals surface area contributed by atoms with Crippen molar-refractivity contribution in [1.82, 2.24) is 4.72 Å². The van der Waals surface area contributed by atoms with Crippen LogP contribution in [0.25, 0.3) is 0 Å². The molecule has 0 aliphatic heterocycles. The second-order valence-corrected chi connectivity index (χ2v) is 8.01. The molecule has 3 N–H and O–H groups in total. The Morgan fingerprint density at radius 3 is 2.18 bits per heavy atom. The second kappa shape index (κ2) is 9.34. The van der Waals surface area contributed by atoms with Crippen molar-refractivity contribution in [3.63, 3.8) is 0 Å². The van der Waals surface area contributed by atoms with Gasteiger partial charge in [-0.05, 0) is 35.9 Å². The summed E-state index contributed by atoms with van der Waals surface area (Å²) in [5, 5.41) is 5.35. The molecule has 0 radical (unpaired) electrons. The first-order valence-electron chi connectivity index (χ1n) is 8.45. The van der Waals surface area contributed by atoms with E-state index in [1.54, 1.807) is 48.5 Å². The lowest BCUT2D eigenvalue weighted by molar-refractivity contribution is -0.116. The first-order valence-corrected chi connectivity index (χ1v) is 10.3. The van der Waals surface area contributed by atoms with Crippen LogP contribution in [0.3, 0.4) is 0 Å². The Labute approximate surface area is 164 Å². The highest BCUT2D eigenvalue weighted by atomic mass is 32.2. The van der Waals surface area contributed by atoms with Gasteiger partial charge in [0.2, 0.25) is 21.8 Å². The van der Waals surface area contributed by atoms with Crippen molar-refractivity contribution < 1.29 is 22.7 Å². The molecule has 8 nitrogen and oxygen atoms in total. The highest BCUT2D eigenvalue weighted by Crippen LogP contribution is 2.22. The first-order chi connectivity index (χ1) is 13.2. The minimum Gasteiger partial charge on any atom is -0.497 e. The number of carbonyl (C=O) groups is 2. The quantitative estimate of drug-likeness (QED) is 0.623. The molecule has 0 aliphatic carbocycles. The summed E-state index contributed by atoms with van der Waals surface area (Å²) in [4.78, 5) is 23.6. The van der Waals surface area contributed by atoms with Crippen LogP contribution in [0.4, 0.5) is 11.4 Å². The molecule has 1 unspecified atom stereocenters. The number of hydrogen-bond donors (Lipinski definition) is 3. The fraction of sp³-hybridized carbons (Fsp3) is 0.263. The van der Waals surface area contributed by atoms with Crippen LogP contribution in [0, 0.1) is 0 Å². The molecule has 1 atom stereocenters. The average Bonchev–Trinajstić information content (AvgIpc) is 2.60. The van der Waals surface area contributed by atoms with Crippen molar-refractivity contribution in [2.45, 2.75) is 19.4 Å². The van der Waals surface area contributed by atoms with Crippen LogP contribution in [-0.2, 0) is 19.6 Å². The summed E-state index contributed by atoms with van der Waals surface area (Å²) in [5.41, 5.74) is 1.67. The SMILES string of the molecule is COc1ccc(C(CC(=O)Nc2cccc(NC(C)=O)c2)NS(C)(=O)=O)cc1. The van der Waals surface area contributed by atoms with Gasteiger partial charge in [0.1, 0.15) is 5.75 Å². The van der Waals surface area contributed by atoms with E-state index >= 15 is 0 Å². The highest BCUT2D eigenvalue weighted by molar-refractivity contribution is 7.88. The molecular weight excluding hydrogens is 382 g/mol. The van der Waals surface area contributed by atoms with E-state index in [1.165, 1.54) is 14.0 Å². The molecule has 0 aromatic heterocycles. The Kier molecular flexibility index (Phi) is 7.13. The number of carbonyl (C=O) groups excluding carboxylic acids is 2. The number of rotatable bonds is 8. The van der Waals surface area contributed by atoms with Gasteiger partial charge in [-0.1, -0.05) is 18.2 Å². The van der Waals surface area contributed by atoms with Gasteiger partial charge in [0.25, 0.3) is 0 Å². The molecule has 150 valence electrons. The Morgan fingerprint density at radius 2 is 1.64 bits per heavy atom. The van der Waals surface area contributed by atoms with Crippen LogP contribution in [0.2, 0.25) is 0 Å². The van der Waals surface area contributed by atoms with Crippen LogP contribution in [-0.4, -0.2) is 33.6 Å². The summed E-state index contributed by atoms with van der Waals surface area (Å²) in [5.74, 6) is 0.0263. The molecule has 2 amide bonds. The highest BCUT2D eigenvalue weighted by Gasteiger charge is 2.20. The number of sulfonamides is 1. The van der Waals surface area contributed by atoms with Gasteiger partial charge >= 0.3 is 0 Å². The predicted molar refractivity (Wildman–Crippen MR) is 108 cm³/mol. The summed E-state index contributed by atoms with van der Waals surface area (Å²) in [6.07, 6.45) is 0.933. The minimum absolute atomic E-state index is 0.107. The van der Waals surface area contributed by atoms with Gasteiger partial charge in [-0.3, -0.25) is 9.59 Å². The molecule has 0 spiro atoms. The molecule has 2 aromatic carbocycles. The molecule has 2 aromatic rings. The van der Waals surface area contributed by atoms with E-state index < -0.39 is 16.1 Å². The molecule has 2 rings (SSSR count). The Hall–Kier alpha value is -2.91. The largest absolute Gasteiger partial charge is 0.497 e. The molecule has 0 saturated carbocycles. The first kappa shape index (κ1) is 21.4. The fourth-order valence-corrected chi connectivity index (χ4v) is 3.33. The zero-order chi connectivity index (χ0) is 20.7. The smallest absolute Gasteiger partial charge is 0.226 e. The minimum atomic E-state index is -3.53. The average molecular weight is 405 g/mol. The lowest BCUT2D eigenvalue weighted by Crippen LogP contribution is -2.30. The van der Waals surface area contributed by atoms with E-state index in [4.69, 9.17) is 4.74 Å². The number of methoxy groups -OCH3 is 1. The van der Waals surface area contributed by atoms with Gasteiger partial charge in [-0.15, -0.1) is 0 Å². The standard InChI is InChI=1S/C19H23N3O5S/c1-13(23)20-15-5-4-6-16(11-15)21-19(24)12-18(22-28(3,25)26)14-7-9-17(27-2)10-8-14/h4-11,18,22H,12H2,1-3H3,(H,20,23)(H,21,24). The molecule has 0 saturated heterocycles. The normalized spacial score (nSPS) is 12.1. The molecule has 0 aliphatic rings. The van der Waals surface area contributed by atoms with Crippen molar-refractivity contribution in [2.75, 3.05) is 24.0 Å². The molecule has 28 heavy (non-hydrogen) atoms. The predicted octanol–water partition coefficient (Wildman–Crippen LogP) is 2.27. The number of ether oxygens (including phenoxy) is 1. The zero-order valence-electron chi connectivity index (χ0n) is 15.9. The van der Waals surface area contributed by atoms with Crippen molar-refractivity contribution >= 4 is 33.2 Å². The van der Waals surface area contributed by atoms with Crippen molar-refractivity contribution in [3.8, 4) is 5.75 Å². The van der Waals surface area contributed by atoms with E-state index in [0.717, 1.165) is 6.26 Å². The van der Waals surface area contributed by atoms with Crippen LogP contribution in [0.1, 0.15) is 24.9 Å². The maximum Gasteiger partial charge on any atom is 0.226 e. The summed E-state index contributed by atoms with van der Waals surface area (Å²) in [7, 11) is -2.00. The number of amides is 2. The molecule has 0 heterocycles. The summed E-state index contributed by atoms with van der Waals surface area (Å²) in [6.45, 7) is 1.39. The summed E-state index contributed by atoms with van der Waals surface area (Å²) < 4.78 is 31.0. The van der Waals surface area contributed by atoms with Gasteiger partial charge in [0, 0.05) is 24.7 Å². The van der Waals surface area contributed by atoms with E-state index in [-0.39, 0.29) is 18.2 Å². The van der Waals surface area contributed by atoms with Gasteiger partial charge in [-0.2, -0.15) is 0 Å². The fourth-order valence-electron chi connectivity index (χ4n) is 2.60. The number of hydrogen-bond acceptors (Lipinski definition) is 5. The van der Waals surface area contributed by atoms with E-state index in [9.17, 15) is 18.0 Å². The number of benzene rings is 2. The topological polar surface area (TPSA) is 114 Å². The van der Waals surface area contributed by atoms with E-state index in [2.05, 4.69) is 15.4 Å². The number of anilines is 2. The molecule has 9 heteroatoms. The van der Waals surface area contributed by atoms with Gasteiger partial charge in [0.15, 0.2) is 0 Å². The van der Waals surface area contributed by atoms with Crippen molar-refractivity contribution in [1.29, 1.82) is 0 Å². The number of nitrogens with one attached hydrogen (secondary N) is 3. The lowest BCUT2D eigenvalue weighted by Gasteiger charge is -2.18. The van der Waals surface area contributed by atoms with E-state index in [1.807, 2.05) is 0 Å². The van der Waals surface area contributed by atoms with E-state index in [0.29, 0.717) is 22.7 Å². The third kappa shape index (κ3) is 7.01. The molecule has 0 bridgehead atoms. The third-order valence-corrected chi connectivity index (χ3v) is 4.44. The van der Waals surface area contributed by atoms with Crippen molar-refractivity contribution in [2.24, 2.45) is 0 Å². The van der Waals surface area contributed by atoms with Crippen molar-refractivity contribution in [3.05, 3.63) is 54.1 Å². The monoisotopic (exact) mass is 405 g/mol. The van der Waals surface area contributed by atoms with Crippen LogP contribution in [0.5, 0.6) is 5.75 Å². The Morgan fingerprint density at radius 1 is 1.04 bits per heavy atom. The van der Waals surface area contributed by atoms with Crippen LogP contribution < -0.4 is 20.1 Å². The molecule has 0 fully saturated rings.